The average Bonchev–Trinajstić information content (AvgIpc) is 2.62. The van der Waals surface area contributed by atoms with E-state index in [-0.39, 0.29) is 0 Å². The van der Waals surface area contributed by atoms with E-state index in [1.54, 1.807) is 54.6 Å². The van der Waals surface area contributed by atoms with Gasteiger partial charge in [0.05, 0.1) is 13.0 Å². The van der Waals surface area contributed by atoms with Crippen LogP contribution in [0.2, 0.25) is 0 Å². The second-order valence-electron chi connectivity index (χ2n) is 4.99. The molecule has 0 bridgehead atoms. The van der Waals surface area contributed by atoms with Gasteiger partial charge in [-0.25, -0.2) is 0 Å². The predicted molar refractivity (Wildman–Crippen MR) is 85.6 cm³/mol. The Morgan fingerprint density at radius 3 is 2.25 bits per heavy atom. The first-order valence-electron chi connectivity index (χ1n) is 7.23. The van der Waals surface area contributed by atoms with E-state index in [1.165, 1.54) is 7.11 Å². The van der Waals surface area contributed by atoms with Gasteiger partial charge < -0.3 is 14.4 Å². The van der Waals surface area contributed by atoms with E-state index in [9.17, 15) is 14.9 Å². The molecule has 0 aliphatic rings. The standard InChI is InChI=1S/C17H17NO6/c1-22-14-7-9-15(10-8-14)23-24-17(12-19)16(11-18(20)21)13-5-3-2-4-6-13/h2-10,12,16-17H,11H2,1H3/t16-,17+/m1/s1. The number of rotatable bonds is 9. The highest BCUT2D eigenvalue weighted by Crippen LogP contribution is 2.23. The highest BCUT2D eigenvalue weighted by Gasteiger charge is 2.30. The highest BCUT2D eigenvalue weighted by molar-refractivity contribution is 5.58. The summed E-state index contributed by atoms with van der Waals surface area (Å²) in [6.45, 7) is -0.445. The number of carbonyl (C=O) groups is 1. The van der Waals surface area contributed by atoms with Crippen LogP contribution in [-0.2, 0) is 9.68 Å². The van der Waals surface area contributed by atoms with Crippen LogP contribution in [0.5, 0.6) is 11.5 Å². The maximum Gasteiger partial charge on any atom is 0.213 e. The van der Waals surface area contributed by atoms with Gasteiger partial charge in [-0.3, -0.25) is 10.1 Å². The predicted octanol–water partition coefficient (Wildman–Crippen LogP) is 2.63. The second kappa shape index (κ2) is 8.64. The SMILES string of the molecule is COc1ccc(OO[C@@H](C=O)[C@H](C[N+](=O)[O-])c2ccccc2)cc1. The quantitative estimate of drug-likeness (QED) is 0.304. The Bertz CT molecular complexity index is 659. The van der Waals surface area contributed by atoms with Gasteiger partial charge in [-0.05, 0) is 29.8 Å². The monoisotopic (exact) mass is 331 g/mol. The van der Waals surface area contributed by atoms with Gasteiger partial charge in [-0.1, -0.05) is 30.3 Å². The third-order valence-electron chi connectivity index (χ3n) is 3.42. The minimum Gasteiger partial charge on any atom is -0.497 e. The van der Waals surface area contributed by atoms with Crippen LogP contribution in [-0.4, -0.2) is 31.0 Å². The second-order valence-corrected chi connectivity index (χ2v) is 4.99. The van der Waals surface area contributed by atoms with E-state index in [0.717, 1.165) is 0 Å². The highest BCUT2D eigenvalue weighted by atomic mass is 17.2. The Balaban J connectivity index is 2.10. The van der Waals surface area contributed by atoms with Crippen molar-refractivity contribution in [1.29, 1.82) is 0 Å². The number of nitrogens with zero attached hydrogens (tertiary/aromatic N) is 1. The molecule has 0 spiro atoms. The van der Waals surface area contributed by atoms with Gasteiger partial charge >= 0.3 is 0 Å². The Labute approximate surface area is 138 Å². The molecule has 0 aliphatic heterocycles. The molecule has 0 amide bonds. The van der Waals surface area contributed by atoms with Gasteiger partial charge in [0.2, 0.25) is 6.54 Å². The molecule has 0 radical (unpaired) electrons. The molecule has 0 saturated heterocycles. The summed E-state index contributed by atoms with van der Waals surface area (Å²) >= 11 is 0. The van der Waals surface area contributed by atoms with E-state index in [2.05, 4.69) is 0 Å². The minimum absolute atomic E-state index is 0.357. The van der Waals surface area contributed by atoms with Crippen LogP contribution in [0.15, 0.2) is 54.6 Å². The third-order valence-corrected chi connectivity index (χ3v) is 3.42. The van der Waals surface area contributed by atoms with E-state index < -0.39 is 23.5 Å². The molecule has 0 unspecified atom stereocenters. The first-order valence-corrected chi connectivity index (χ1v) is 7.23. The Morgan fingerprint density at radius 1 is 1.08 bits per heavy atom. The summed E-state index contributed by atoms with van der Waals surface area (Å²) in [7, 11) is 1.54. The van der Waals surface area contributed by atoms with Crippen molar-refractivity contribution in [2.45, 2.75) is 12.0 Å². The number of ether oxygens (including phenoxy) is 1. The molecule has 0 heterocycles. The molecule has 7 heteroatoms. The molecule has 0 aliphatic carbocycles. The van der Waals surface area contributed by atoms with Crippen LogP contribution >= 0.6 is 0 Å². The van der Waals surface area contributed by atoms with Gasteiger partial charge in [-0.2, -0.15) is 4.89 Å². The van der Waals surface area contributed by atoms with Crippen molar-refractivity contribution in [2.24, 2.45) is 0 Å². The molecule has 0 saturated carbocycles. The minimum atomic E-state index is -1.11. The first-order chi connectivity index (χ1) is 11.6. The summed E-state index contributed by atoms with van der Waals surface area (Å²) in [5.41, 5.74) is 0.629. The number of hydrogen-bond donors (Lipinski definition) is 0. The van der Waals surface area contributed by atoms with Crippen molar-refractivity contribution >= 4 is 6.29 Å². The summed E-state index contributed by atoms with van der Waals surface area (Å²) < 4.78 is 5.03. The smallest absolute Gasteiger partial charge is 0.213 e. The van der Waals surface area contributed by atoms with E-state index in [4.69, 9.17) is 14.5 Å². The summed E-state index contributed by atoms with van der Waals surface area (Å²) in [5, 5.41) is 10.9. The Kier molecular flexibility index (Phi) is 6.27. The fourth-order valence-electron chi connectivity index (χ4n) is 2.19. The summed E-state index contributed by atoms with van der Waals surface area (Å²) in [5.74, 6) is 0.248. The molecule has 0 fully saturated rings. The molecule has 126 valence electrons. The lowest BCUT2D eigenvalue weighted by molar-refractivity contribution is -0.486. The van der Waals surface area contributed by atoms with E-state index in [1.807, 2.05) is 0 Å². The maximum absolute atomic E-state index is 11.4. The summed E-state index contributed by atoms with van der Waals surface area (Å²) in [4.78, 5) is 32.1. The van der Waals surface area contributed by atoms with Crippen molar-refractivity contribution in [3.05, 3.63) is 70.3 Å². The van der Waals surface area contributed by atoms with E-state index >= 15 is 0 Å². The van der Waals surface area contributed by atoms with Crippen molar-refractivity contribution in [2.75, 3.05) is 13.7 Å². The number of carbonyl (C=O) groups excluding carboxylic acids is 1. The summed E-state index contributed by atoms with van der Waals surface area (Å²) in [6, 6.07) is 15.2. The van der Waals surface area contributed by atoms with Crippen LogP contribution in [0.4, 0.5) is 0 Å². The molecular weight excluding hydrogens is 314 g/mol. The van der Waals surface area contributed by atoms with Crippen LogP contribution in [0.3, 0.4) is 0 Å². The molecule has 0 N–H and O–H groups in total. The zero-order valence-electron chi connectivity index (χ0n) is 13.0. The van der Waals surface area contributed by atoms with Crippen LogP contribution in [0.1, 0.15) is 11.5 Å². The zero-order chi connectivity index (χ0) is 17.4. The van der Waals surface area contributed by atoms with Crippen LogP contribution in [0.25, 0.3) is 0 Å². The molecule has 2 aromatic carbocycles. The lowest BCUT2D eigenvalue weighted by Crippen LogP contribution is -2.30. The fourth-order valence-corrected chi connectivity index (χ4v) is 2.19. The van der Waals surface area contributed by atoms with E-state index in [0.29, 0.717) is 23.3 Å². The molecule has 0 aromatic heterocycles. The largest absolute Gasteiger partial charge is 0.497 e. The average molecular weight is 331 g/mol. The van der Waals surface area contributed by atoms with Crippen LogP contribution < -0.4 is 9.62 Å². The molecule has 2 aromatic rings. The van der Waals surface area contributed by atoms with Crippen molar-refractivity contribution in [3.63, 3.8) is 0 Å². The lowest BCUT2D eigenvalue weighted by atomic mass is 9.94. The number of hydrogen-bond acceptors (Lipinski definition) is 6. The number of aldehydes is 1. The lowest BCUT2D eigenvalue weighted by Gasteiger charge is -2.19. The first kappa shape index (κ1) is 17.4. The third kappa shape index (κ3) is 4.79. The van der Waals surface area contributed by atoms with Crippen molar-refractivity contribution in [1.82, 2.24) is 0 Å². The van der Waals surface area contributed by atoms with Gasteiger partial charge in [0.25, 0.3) is 0 Å². The zero-order valence-corrected chi connectivity index (χ0v) is 13.0. The van der Waals surface area contributed by atoms with Crippen molar-refractivity contribution in [3.8, 4) is 11.5 Å². The number of methoxy groups -OCH3 is 1. The topological polar surface area (TPSA) is 87.9 Å². The van der Waals surface area contributed by atoms with Gasteiger partial charge in [0.1, 0.15) is 5.75 Å². The molecule has 2 rings (SSSR count). The van der Waals surface area contributed by atoms with Crippen molar-refractivity contribution < 1.29 is 24.2 Å². The number of benzene rings is 2. The maximum atomic E-state index is 11.4. The Hall–Kier alpha value is -2.93. The molecule has 2 atom stereocenters. The van der Waals surface area contributed by atoms with Crippen LogP contribution in [0, 0.1) is 10.1 Å². The Morgan fingerprint density at radius 2 is 1.71 bits per heavy atom. The molecule has 7 nitrogen and oxygen atoms in total. The van der Waals surface area contributed by atoms with Gasteiger partial charge in [-0.15, -0.1) is 0 Å². The van der Waals surface area contributed by atoms with Gasteiger partial charge in [0, 0.05) is 4.92 Å². The summed E-state index contributed by atoms with van der Waals surface area (Å²) in [6.07, 6.45) is -0.607. The normalized spacial score (nSPS) is 12.9. The van der Waals surface area contributed by atoms with Gasteiger partial charge in [0.15, 0.2) is 18.1 Å². The fraction of sp³-hybridized carbons (Fsp3) is 0.235. The molecular formula is C17H17NO6. The molecule has 24 heavy (non-hydrogen) atoms. The number of nitro groups is 1.